The molecule has 0 fully saturated rings. The van der Waals surface area contributed by atoms with E-state index in [2.05, 4.69) is 11.9 Å². The molecule has 1 heterocycles. The molecule has 0 bridgehead atoms. The molecule has 0 radical (unpaired) electrons. The van der Waals surface area contributed by atoms with E-state index in [0.29, 0.717) is 36.8 Å². The molecule has 0 atom stereocenters. The van der Waals surface area contributed by atoms with Crippen molar-refractivity contribution in [2.24, 2.45) is 0 Å². The van der Waals surface area contributed by atoms with Crippen molar-refractivity contribution >= 4 is 10.9 Å². The summed E-state index contributed by atoms with van der Waals surface area (Å²) in [7, 11) is 0. The summed E-state index contributed by atoms with van der Waals surface area (Å²) in [5.74, 6) is 1.39. The second kappa shape index (κ2) is 13.4. The molecule has 0 aliphatic heterocycles. The SMILES string of the molecule is CCCCCCCCOc1c(OCc2ccccc2)c2ccc(OCc3ccccc3)cc2[nH]c1=O. The van der Waals surface area contributed by atoms with E-state index in [1.807, 2.05) is 78.9 Å². The van der Waals surface area contributed by atoms with E-state index in [-0.39, 0.29) is 11.3 Å². The summed E-state index contributed by atoms with van der Waals surface area (Å²) in [5, 5.41) is 0.788. The van der Waals surface area contributed by atoms with Gasteiger partial charge in [0.25, 0.3) is 5.56 Å². The van der Waals surface area contributed by atoms with Gasteiger partial charge in [-0.25, -0.2) is 0 Å². The van der Waals surface area contributed by atoms with E-state index in [1.165, 1.54) is 25.7 Å². The lowest BCUT2D eigenvalue weighted by Gasteiger charge is -2.15. The minimum atomic E-state index is -0.295. The summed E-state index contributed by atoms with van der Waals surface area (Å²) >= 11 is 0. The van der Waals surface area contributed by atoms with Crippen molar-refractivity contribution in [1.82, 2.24) is 4.98 Å². The van der Waals surface area contributed by atoms with Crippen LogP contribution in [0, 0.1) is 0 Å². The fourth-order valence-corrected chi connectivity index (χ4v) is 4.12. The predicted octanol–water partition coefficient (Wildman–Crippen LogP) is 7.43. The Morgan fingerprint density at radius 2 is 1.31 bits per heavy atom. The second-order valence-corrected chi connectivity index (χ2v) is 8.98. The Balaban J connectivity index is 1.53. The van der Waals surface area contributed by atoms with E-state index in [4.69, 9.17) is 14.2 Å². The van der Waals surface area contributed by atoms with Gasteiger partial charge in [-0.3, -0.25) is 4.79 Å². The van der Waals surface area contributed by atoms with E-state index < -0.39 is 0 Å². The lowest BCUT2D eigenvalue weighted by Crippen LogP contribution is -2.14. The minimum Gasteiger partial charge on any atom is -0.489 e. The van der Waals surface area contributed by atoms with Gasteiger partial charge in [-0.2, -0.15) is 0 Å². The standard InChI is InChI=1S/C31H35NO4/c1-2-3-4-5-6-13-20-34-30-29(36-23-25-16-11-8-12-17-25)27-19-18-26(21-28(27)32-31(30)33)35-22-24-14-9-7-10-15-24/h7-12,14-19,21H,2-6,13,20,22-23H2,1H3,(H,32,33). The zero-order valence-electron chi connectivity index (χ0n) is 21.0. The summed E-state index contributed by atoms with van der Waals surface area (Å²) in [6, 6.07) is 25.6. The lowest BCUT2D eigenvalue weighted by atomic mass is 10.1. The first kappa shape index (κ1) is 25.4. The molecular weight excluding hydrogens is 450 g/mol. The highest BCUT2D eigenvalue weighted by Crippen LogP contribution is 2.34. The average Bonchev–Trinajstić information content (AvgIpc) is 2.92. The molecular formula is C31H35NO4. The van der Waals surface area contributed by atoms with Gasteiger partial charge in [-0.1, -0.05) is 99.7 Å². The van der Waals surface area contributed by atoms with Crippen molar-refractivity contribution < 1.29 is 14.2 Å². The van der Waals surface area contributed by atoms with Crippen LogP contribution in [0.5, 0.6) is 17.2 Å². The van der Waals surface area contributed by atoms with Gasteiger partial charge < -0.3 is 19.2 Å². The molecule has 0 aliphatic carbocycles. The van der Waals surface area contributed by atoms with Gasteiger partial charge in [0.15, 0.2) is 5.75 Å². The maximum Gasteiger partial charge on any atom is 0.294 e. The van der Waals surface area contributed by atoms with Crippen LogP contribution in [0.15, 0.2) is 83.7 Å². The summed E-state index contributed by atoms with van der Waals surface area (Å²) in [6.45, 7) is 3.50. The molecule has 5 heteroatoms. The number of hydrogen-bond donors (Lipinski definition) is 1. The number of rotatable bonds is 14. The first-order valence-corrected chi connectivity index (χ1v) is 12.9. The molecule has 0 amide bonds. The third kappa shape index (κ3) is 7.14. The van der Waals surface area contributed by atoms with E-state index in [0.717, 1.165) is 29.4 Å². The normalized spacial score (nSPS) is 10.9. The Labute approximate surface area is 213 Å². The summed E-state index contributed by atoms with van der Waals surface area (Å²) in [6.07, 6.45) is 6.92. The Kier molecular flexibility index (Phi) is 9.43. The van der Waals surface area contributed by atoms with Crippen molar-refractivity contribution in [2.45, 2.75) is 58.7 Å². The zero-order valence-corrected chi connectivity index (χ0v) is 21.0. The van der Waals surface area contributed by atoms with Crippen molar-refractivity contribution in [2.75, 3.05) is 6.61 Å². The molecule has 0 spiro atoms. The number of fused-ring (bicyclic) bond motifs is 1. The summed E-state index contributed by atoms with van der Waals surface area (Å²) in [4.78, 5) is 16.0. The van der Waals surface area contributed by atoms with Crippen LogP contribution in [0.25, 0.3) is 10.9 Å². The number of benzene rings is 3. The number of pyridine rings is 1. The molecule has 4 rings (SSSR count). The second-order valence-electron chi connectivity index (χ2n) is 8.98. The van der Waals surface area contributed by atoms with Crippen LogP contribution in [-0.4, -0.2) is 11.6 Å². The highest BCUT2D eigenvalue weighted by atomic mass is 16.5. The predicted molar refractivity (Wildman–Crippen MR) is 145 cm³/mol. The number of aromatic amines is 1. The van der Waals surface area contributed by atoms with E-state index in [1.54, 1.807) is 0 Å². The van der Waals surface area contributed by atoms with E-state index in [9.17, 15) is 4.79 Å². The molecule has 0 saturated carbocycles. The van der Waals surface area contributed by atoms with Crippen molar-refractivity contribution in [1.29, 1.82) is 0 Å². The fraction of sp³-hybridized carbons (Fsp3) is 0.323. The van der Waals surface area contributed by atoms with Gasteiger partial charge in [0.2, 0.25) is 5.75 Å². The first-order chi connectivity index (χ1) is 17.7. The molecule has 4 aromatic rings. The maximum atomic E-state index is 13.1. The smallest absolute Gasteiger partial charge is 0.294 e. The molecule has 1 N–H and O–H groups in total. The zero-order chi connectivity index (χ0) is 25.0. The van der Waals surface area contributed by atoms with E-state index >= 15 is 0 Å². The molecule has 36 heavy (non-hydrogen) atoms. The largest absolute Gasteiger partial charge is 0.489 e. The van der Waals surface area contributed by atoms with Crippen molar-refractivity contribution in [3.63, 3.8) is 0 Å². The molecule has 3 aromatic carbocycles. The van der Waals surface area contributed by atoms with Gasteiger partial charge >= 0.3 is 0 Å². The van der Waals surface area contributed by atoms with Gasteiger partial charge in [0.05, 0.1) is 12.1 Å². The van der Waals surface area contributed by atoms with Crippen LogP contribution in [0.1, 0.15) is 56.6 Å². The number of ether oxygens (including phenoxy) is 3. The Morgan fingerprint density at radius 3 is 2.00 bits per heavy atom. The Hall–Kier alpha value is -3.73. The van der Waals surface area contributed by atoms with Crippen molar-refractivity contribution in [3.8, 4) is 17.2 Å². The maximum absolute atomic E-state index is 13.1. The summed E-state index contributed by atoms with van der Waals surface area (Å²) in [5.41, 5.74) is 2.46. The average molecular weight is 486 g/mol. The molecule has 0 saturated heterocycles. The molecule has 0 unspecified atom stereocenters. The number of H-pyrrole nitrogens is 1. The monoisotopic (exact) mass is 485 g/mol. The number of aromatic nitrogens is 1. The van der Waals surface area contributed by atoms with Gasteiger partial charge in [-0.05, 0) is 29.7 Å². The number of hydrogen-bond acceptors (Lipinski definition) is 4. The number of unbranched alkanes of at least 4 members (excludes halogenated alkanes) is 5. The highest BCUT2D eigenvalue weighted by molar-refractivity contribution is 5.88. The van der Waals surface area contributed by atoms with Gasteiger partial charge in [0.1, 0.15) is 19.0 Å². The van der Waals surface area contributed by atoms with Crippen LogP contribution in [0.4, 0.5) is 0 Å². The van der Waals surface area contributed by atoms with Crippen molar-refractivity contribution in [3.05, 3.63) is 100 Å². The van der Waals surface area contributed by atoms with Gasteiger partial charge in [-0.15, -0.1) is 0 Å². The van der Waals surface area contributed by atoms with Crippen LogP contribution in [-0.2, 0) is 13.2 Å². The Bertz CT molecular complexity index is 1270. The quantitative estimate of drug-likeness (QED) is 0.189. The first-order valence-electron chi connectivity index (χ1n) is 12.9. The summed E-state index contributed by atoms with van der Waals surface area (Å²) < 4.78 is 18.2. The highest BCUT2D eigenvalue weighted by Gasteiger charge is 2.17. The molecule has 5 nitrogen and oxygen atoms in total. The van der Waals surface area contributed by atoms with Crippen LogP contribution < -0.4 is 19.8 Å². The molecule has 0 aliphatic rings. The van der Waals surface area contributed by atoms with Crippen LogP contribution >= 0.6 is 0 Å². The third-order valence-electron chi connectivity index (χ3n) is 6.11. The Morgan fingerprint density at radius 1 is 0.667 bits per heavy atom. The minimum absolute atomic E-state index is 0.241. The third-order valence-corrected chi connectivity index (χ3v) is 6.11. The topological polar surface area (TPSA) is 60.6 Å². The fourth-order valence-electron chi connectivity index (χ4n) is 4.12. The molecule has 188 valence electrons. The van der Waals surface area contributed by atoms with Gasteiger partial charge in [0, 0.05) is 11.5 Å². The van der Waals surface area contributed by atoms with Crippen LogP contribution in [0.3, 0.4) is 0 Å². The van der Waals surface area contributed by atoms with Crippen LogP contribution in [0.2, 0.25) is 0 Å². The lowest BCUT2D eigenvalue weighted by molar-refractivity contribution is 0.257. The molecule has 1 aromatic heterocycles. The number of nitrogens with one attached hydrogen (secondary N) is 1.